The third kappa shape index (κ3) is 47.5. The molecule has 45 heavy (non-hydrogen) atoms. The number of aliphatic carboxylic acids is 1. The van der Waals surface area contributed by atoms with E-state index in [1.165, 1.54) is 128 Å². The number of aryl methyl sites for hydroxylation is 1. The number of hydrogen-bond acceptors (Lipinski definition) is 4. The number of carbonyl (C=O) groups excluding carboxylic acids is 2. The molecule has 0 saturated carbocycles. The van der Waals surface area contributed by atoms with Gasteiger partial charge < -0.3 is 19.8 Å². The Labute approximate surface area is 298 Å². The summed E-state index contributed by atoms with van der Waals surface area (Å²) in [6.07, 6.45) is 32.4. The van der Waals surface area contributed by atoms with Crippen molar-refractivity contribution in [2.45, 2.75) is 195 Å². The van der Waals surface area contributed by atoms with E-state index < -0.39 is 11.9 Å². The molecule has 0 aliphatic rings. The summed E-state index contributed by atoms with van der Waals surface area (Å²) in [5, 5.41) is 20.6. The summed E-state index contributed by atoms with van der Waals surface area (Å²) in [6, 6.07) is 6.82. The van der Waals surface area contributed by atoms with E-state index in [0.29, 0.717) is 0 Å². The van der Waals surface area contributed by atoms with Crippen LogP contribution in [0.1, 0.15) is 204 Å². The van der Waals surface area contributed by atoms with Crippen LogP contribution in [-0.2, 0) is 11.2 Å². The number of aromatic carboxylic acids is 1. The SMILES string of the molecule is CCCCCCCCCCCCCCCCCCCCCC(=O)[O-].CCCc1ccc(C(=O)[O-])cc1.[CH2]CCC.[CH2]CCC.[Sn+2]. The molecule has 0 saturated heterocycles. The predicted octanol–water partition coefficient (Wildman–Crippen LogP) is 10.4. The molecule has 0 amide bonds. The summed E-state index contributed by atoms with van der Waals surface area (Å²) in [6.45, 7) is 15.8. The molecule has 1 aromatic rings. The first-order valence-electron chi connectivity index (χ1n) is 18.4. The Morgan fingerprint density at radius 3 is 1.07 bits per heavy atom. The first-order chi connectivity index (χ1) is 21.3. The Hall–Kier alpha value is -1.04. The maximum atomic E-state index is 10.4. The third-order valence-electron chi connectivity index (χ3n) is 7.42. The fourth-order valence-corrected chi connectivity index (χ4v) is 4.44. The molecule has 260 valence electrons. The van der Waals surface area contributed by atoms with Gasteiger partial charge in [0.25, 0.3) is 0 Å². The summed E-state index contributed by atoms with van der Waals surface area (Å²) >= 11 is 0. The first-order valence-corrected chi connectivity index (χ1v) is 18.4. The molecule has 1 rings (SSSR count). The molecule has 0 aliphatic heterocycles. The zero-order chi connectivity index (χ0) is 33.5. The van der Waals surface area contributed by atoms with Crippen LogP contribution in [0.4, 0.5) is 0 Å². The molecule has 1 aromatic carbocycles. The van der Waals surface area contributed by atoms with E-state index in [-0.39, 0.29) is 35.9 Å². The minimum Gasteiger partial charge on any atom is -0.550 e. The van der Waals surface area contributed by atoms with Gasteiger partial charge in [0.1, 0.15) is 0 Å². The topological polar surface area (TPSA) is 80.3 Å². The monoisotopic (exact) mass is 736 g/mol. The fraction of sp³-hybridized carbons (Fsp3) is 0.750. The van der Waals surface area contributed by atoms with E-state index in [1.807, 2.05) is 12.1 Å². The Bertz CT molecular complexity index is 682. The van der Waals surface area contributed by atoms with Gasteiger partial charge in [0.15, 0.2) is 0 Å². The van der Waals surface area contributed by atoms with Gasteiger partial charge >= 0.3 is 23.9 Å². The van der Waals surface area contributed by atoms with Crippen molar-refractivity contribution in [2.75, 3.05) is 0 Å². The number of unbranched alkanes of at least 4 members (excludes halogenated alkanes) is 20. The number of carboxylic acids is 2. The van der Waals surface area contributed by atoms with Gasteiger partial charge in [-0.3, -0.25) is 0 Å². The van der Waals surface area contributed by atoms with Crippen molar-refractivity contribution in [2.24, 2.45) is 0 Å². The second kappa shape index (κ2) is 45.1. The van der Waals surface area contributed by atoms with Gasteiger partial charge in [-0.05, 0) is 30.4 Å². The van der Waals surface area contributed by atoms with E-state index >= 15 is 0 Å². The van der Waals surface area contributed by atoms with Gasteiger partial charge in [0, 0.05) is 5.97 Å². The zero-order valence-corrected chi connectivity index (χ0v) is 33.1. The molecular weight excluding hydrogens is 663 g/mol. The molecule has 0 fully saturated rings. The van der Waals surface area contributed by atoms with Gasteiger partial charge in [-0.2, -0.15) is 0 Å². The summed E-state index contributed by atoms with van der Waals surface area (Å²) in [5.74, 6) is -2.01. The molecule has 0 unspecified atom stereocenters. The van der Waals surface area contributed by atoms with Crippen LogP contribution >= 0.6 is 0 Å². The van der Waals surface area contributed by atoms with Crippen LogP contribution in [0.2, 0.25) is 0 Å². The summed E-state index contributed by atoms with van der Waals surface area (Å²) in [5.41, 5.74) is 1.41. The second-order valence-corrected chi connectivity index (χ2v) is 11.9. The average molecular weight is 736 g/mol. The number of hydrogen-bond donors (Lipinski definition) is 0. The van der Waals surface area contributed by atoms with E-state index in [2.05, 4.69) is 41.5 Å². The van der Waals surface area contributed by atoms with Crippen LogP contribution in [0.25, 0.3) is 0 Å². The number of rotatable bonds is 25. The van der Waals surface area contributed by atoms with Gasteiger partial charge in [0.2, 0.25) is 0 Å². The number of carboxylic acid groups (broad SMARTS) is 2. The minimum absolute atomic E-state index is 0. The van der Waals surface area contributed by atoms with E-state index in [9.17, 15) is 19.8 Å². The van der Waals surface area contributed by atoms with Crippen molar-refractivity contribution >= 4 is 35.8 Å². The van der Waals surface area contributed by atoms with E-state index in [4.69, 9.17) is 0 Å². The molecule has 4 nitrogen and oxygen atoms in total. The molecule has 0 atom stereocenters. The Kier molecular flexibility index (Phi) is 50.9. The largest absolute Gasteiger partial charge is 2.00 e. The van der Waals surface area contributed by atoms with Crippen molar-refractivity contribution in [3.05, 3.63) is 49.2 Å². The molecule has 0 spiro atoms. The Morgan fingerprint density at radius 2 is 0.822 bits per heavy atom. The third-order valence-corrected chi connectivity index (χ3v) is 7.42. The van der Waals surface area contributed by atoms with Crippen LogP contribution in [-0.4, -0.2) is 35.8 Å². The molecule has 0 heterocycles. The maximum Gasteiger partial charge on any atom is 2.00 e. The molecule has 0 aromatic heterocycles. The van der Waals surface area contributed by atoms with Gasteiger partial charge in [0.05, 0.1) is 5.97 Å². The molecule has 4 radical (unpaired) electrons. The fourth-order valence-electron chi connectivity index (χ4n) is 4.44. The van der Waals surface area contributed by atoms with Crippen LogP contribution in [0.15, 0.2) is 24.3 Å². The molecule has 5 heteroatoms. The van der Waals surface area contributed by atoms with Gasteiger partial charge in [-0.15, -0.1) is 0 Å². The number of carbonyl (C=O) groups is 2. The molecular formula is C40H72O4Sn. The zero-order valence-electron chi connectivity index (χ0n) is 30.2. The number of benzene rings is 1. The summed E-state index contributed by atoms with van der Waals surface area (Å²) < 4.78 is 0. The van der Waals surface area contributed by atoms with Gasteiger partial charge in [-0.25, -0.2) is 0 Å². The van der Waals surface area contributed by atoms with Crippen LogP contribution in [0.3, 0.4) is 0 Å². The Morgan fingerprint density at radius 1 is 0.511 bits per heavy atom. The predicted molar refractivity (Wildman–Crippen MR) is 194 cm³/mol. The van der Waals surface area contributed by atoms with E-state index in [1.54, 1.807) is 12.1 Å². The van der Waals surface area contributed by atoms with Crippen LogP contribution in [0, 0.1) is 13.8 Å². The normalized spacial score (nSPS) is 9.82. The van der Waals surface area contributed by atoms with Crippen molar-refractivity contribution in [3.63, 3.8) is 0 Å². The smallest absolute Gasteiger partial charge is 0.550 e. The quantitative estimate of drug-likeness (QED) is 0.0740. The second-order valence-electron chi connectivity index (χ2n) is 11.9. The first kappa shape index (κ1) is 50.8. The van der Waals surface area contributed by atoms with Crippen molar-refractivity contribution < 1.29 is 19.8 Å². The van der Waals surface area contributed by atoms with Crippen LogP contribution < -0.4 is 10.2 Å². The van der Waals surface area contributed by atoms with Crippen LogP contribution in [0.5, 0.6) is 0 Å². The summed E-state index contributed by atoms with van der Waals surface area (Å²) in [4.78, 5) is 20.6. The Balaban J connectivity index is -0.000000329. The molecule has 0 aliphatic carbocycles. The molecule has 0 bridgehead atoms. The van der Waals surface area contributed by atoms with Crippen molar-refractivity contribution in [3.8, 4) is 0 Å². The van der Waals surface area contributed by atoms with Crippen molar-refractivity contribution in [1.82, 2.24) is 0 Å². The van der Waals surface area contributed by atoms with Gasteiger partial charge in [-0.1, -0.05) is 213 Å². The minimum atomic E-state index is -1.11. The van der Waals surface area contributed by atoms with E-state index in [0.717, 1.165) is 38.5 Å². The average Bonchev–Trinajstić information content (AvgIpc) is 3.03. The van der Waals surface area contributed by atoms with Crippen molar-refractivity contribution in [1.29, 1.82) is 0 Å². The molecule has 0 N–H and O–H groups in total. The summed E-state index contributed by atoms with van der Waals surface area (Å²) in [7, 11) is 0. The standard InChI is InChI=1S/C22H44O2.C10H12O2.2C4H9.Sn/c1-2-3-4-5-6-7-8-9-10-11-12-13-14-15-16-17-18-19-20-21-22(23)24;1-2-3-8-4-6-9(7-5-8)10(11)12;2*1-3-4-2;/h2-21H2,1H3,(H,23,24);4-7H,2-3H2,1H3,(H,11,12);2*1,3-4H2,2H3;/q;;;;+2/p-2. The maximum absolute atomic E-state index is 10.4.